The van der Waals surface area contributed by atoms with Gasteiger partial charge < -0.3 is 10.2 Å². The monoisotopic (exact) mass is 289 g/mol. The first-order valence-corrected chi connectivity index (χ1v) is 7.32. The fourth-order valence-corrected chi connectivity index (χ4v) is 2.41. The van der Waals surface area contributed by atoms with Gasteiger partial charge in [0, 0.05) is 37.4 Å². The second-order valence-electron chi connectivity index (χ2n) is 5.64. The van der Waals surface area contributed by atoms with Crippen molar-refractivity contribution in [3.63, 3.8) is 0 Å². The Morgan fingerprint density at radius 1 is 1.10 bits per heavy atom. The number of Topliss-reactive ketones (excluding diaryl/α,β-unsaturated/α-hetero) is 1. The van der Waals surface area contributed by atoms with Crippen molar-refractivity contribution in [1.82, 2.24) is 9.80 Å². The summed E-state index contributed by atoms with van der Waals surface area (Å²) in [6, 6.07) is 6.86. The molecule has 5 heteroatoms. The normalized spacial score (nSPS) is 18.2. The first kappa shape index (κ1) is 15.7. The fourth-order valence-electron chi connectivity index (χ4n) is 2.41. The predicted molar refractivity (Wildman–Crippen MR) is 83.6 cm³/mol. The van der Waals surface area contributed by atoms with Crippen molar-refractivity contribution >= 4 is 17.4 Å². The predicted octanol–water partition coefficient (Wildman–Crippen LogP) is 1.46. The molecule has 0 aliphatic carbocycles. The van der Waals surface area contributed by atoms with Crippen LogP contribution in [0.1, 0.15) is 24.2 Å². The number of hydrogen-bond donors (Lipinski definition) is 1. The van der Waals surface area contributed by atoms with Gasteiger partial charge in [-0.15, -0.1) is 0 Å². The lowest BCUT2D eigenvalue weighted by atomic mass is 10.1. The molecule has 0 radical (unpaired) electrons. The van der Waals surface area contributed by atoms with Crippen LogP contribution in [-0.4, -0.2) is 60.8 Å². The Labute approximate surface area is 125 Å². The number of ketones is 1. The van der Waals surface area contributed by atoms with E-state index in [2.05, 4.69) is 22.2 Å². The van der Waals surface area contributed by atoms with Gasteiger partial charge in [0.05, 0.1) is 6.04 Å². The topological polar surface area (TPSA) is 52.7 Å². The van der Waals surface area contributed by atoms with Crippen LogP contribution in [0, 0.1) is 0 Å². The third kappa shape index (κ3) is 4.12. The Kier molecular flexibility index (Phi) is 5.09. The average Bonchev–Trinajstić information content (AvgIpc) is 2.47. The van der Waals surface area contributed by atoms with Gasteiger partial charge in [-0.25, -0.2) is 0 Å². The van der Waals surface area contributed by atoms with E-state index in [-0.39, 0.29) is 17.7 Å². The fraction of sp³-hybridized carbons (Fsp3) is 0.500. The van der Waals surface area contributed by atoms with Gasteiger partial charge in [-0.1, -0.05) is 0 Å². The highest BCUT2D eigenvalue weighted by Gasteiger charge is 2.24. The van der Waals surface area contributed by atoms with E-state index in [0.29, 0.717) is 5.56 Å². The van der Waals surface area contributed by atoms with Crippen LogP contribution in [0.15, 0.2) is 24.3 Å². The molecule has 1 aromatic carbocycles. The minimum absolute atomic E-state index is 0.00451. The molecule has 1 N–H and O–H groups in total. The van der Waals surface area contributed by atoms with Crippen LogP contribution in [-0.2, 0) is 4.79 Å². The van der Waals surface area contributed by atoms with E-state index in [1.165, 1.54) is 6.92 Å². The number of nitrogens with zero attached hydrogens (tertiary/aromatic N) is 2. The number of hydrogen-bond acceptors (Lipinski definition) is 4. The van der Waals surface area contributed by atoms with Crippen LogP contribution >= 0.6 is 0 Å². The van der Waals surface area contributed by atoms with Crippen molar-refractivity contribution in [2.45, 2.75) is 19.9 Å². The largest absolute Gasteiger partial charge is 0.325 e. The van der Waals surface area contributed by atoms with E-state index in [1.54, 1.807) is 24.3 Å². The van der Waals surface area contributed by atoms with Crippen LogP contribution in [0.4, 0.5) is 5.69 Å². The molecule has 1 aromatic rings. The Hall–Kier alpha value is -1.72. The Morgan fingerprint density at radius 2 is 1.67 bits per heavy atom. The van der Waals surface area contributed by atoms with Crippen molar-refractivity contribution in [2.75, 3.05) is 38.5 Å². The molecule has 0 bridgehead atoms. The van der Waals surface area contributed by atoms with Gasteiger partial charge >= 0.3 is 0 Å². The Bertz CT molecular complexity index is 505. The Balaban J connectivity index is 1.92. The van der Waals surface area contributed by atoms with Gasteiger partial charge in [-0.2, -0.15) is 0 Å². The van der Waals surface area contributed by atoms with Gasteiger partial charge in [0.25, 0.3) is 0 Å². The highest BCUT2D eigenvalue weighted by Crippen LogP contribution is 2.12. The van der Waals surface area contributed by atoms with Crippen LogP contribution in [0.3, 0.4) is 0 Å². The lowest BCUT2D eigenvalue weighted by Gasteiger charge is -2.35. The van der Waals surface area contributed by atoms with Crippen molar-refractivity contribution < 1.29 is 9.59 Å². The number of carbonyl (C=O) groups is 2. The number of benzene rings is 1. The molecule has 114 valence electrons. The first-order chi connectivity index (χ1) is 9.97. The molecule has 1 aliphatic heterocycles. The molecule has 1 aliphatic rings. The molecule has 1 heterocycles. The van der Waals surface area contributed by atoms with Crippen LogP contribution < -0.4 is 5.32 Å². The minimum atomic E-state index is -0.147. The van der Waals surface area contributed by atoms with Crippen molar-refractivity contribution in [3.05, 3.63) is 29.8 Å². The molecule has 5 nitrogen and oxygen atoms in total. The summed E-state index contributed by atoms with van der Waals surface area (Å²) >= 11 is 0. The smallest absolute Gasteiger partial charge is 0.241 e. The van der Waals surface area contributed by atoms with E-state index in [0.717, 1.165) is 31.9 Å². The number of nitrogens with one attached hydrogen (secondary N) is 1. The minimum Gasteiger partial charge on any atom is -0.325 e. The standard InChI is InChI=1S/C16H23N3O2/c1-12(19-10-8-18(3)9-11-19)16(21)17-15-6-4-14(5-7-15)13(2)20/h4-7,12H,8-11H2,1-3H3,(H,17,21)/t12-/m0/s1. The maximum absolute atomic E-state index is 12.3. The van der Waals surface area contributed by atoms with Gasteiger partial charge in [-0.3, -0.25) is 14.5 Å². The number of piperazine rings is 1. The summed E-state index contributed by atoms with van der Waals surface area (Å²) in [6.45, 7) is 7.27. The first-order valence-electron chi connectivity index (χ1n) is 7.32. The molecule has 2 rings (SSSR count). The summed E-state index contributed by atoms with van der Waals surface area (Å²) < 4.78 is 0. The SMILES string of the molecule is CC(=O)c1ccc(NC(=O)[C@H](C)N2CCN(C)CC2)cc1. The van der Waals surface area contributed by atoms with E-state index < -0.39 is 0 Å². The van der Waals surface area contributed by atoms with Gasteiger partial charge in [0.15, 0.2) is 5.78 Å². The van der Waals surface area contributed by atoms with E-state index in [1.807, 2.05) is 6.92 Å². The summed E-state index contributed by atoms with van der Waals surface area (Å²) in [5, 5.41) is 2.91. The van der Waals surface area contributed by atoms with Gasteiger partial charge in [0.2, 0.25) is 5.91 Å². The quantitative estimate of drug-likeness (QED) is 0.853. The van der Waals surface area contributed by atoms with Crippen molar-refractivity contribution in [3.8, 4) is 0 Å². The highest BCUT2D eigenvalue weighted by molar-refractivity contribution is 5.96. The van der Waals surface area contributed by atoms with Crippen LogP contribution in [0.25, 0.3) is 0 Å². The lowest BCUT2D eigenvalue weighted by molar-refractivity contribution is -0.121. The van der Waals surface area contributed by atoms with Gasteiger partial charge in [-0.05, 0) is 45.2 Å². The number of likely N-dealkylation sites (N-methyl/N-ethyl adjacent to an activating group) is 1. The average molecular weight is 289 g/mol. The second-order valence-corrected chi connectivity index (χ2v) is 5.64. The molecule has 1 atom stereocenters. The zero-order valence-electron chi connectivity index (χ0n) is 12.9. The number of anilines is 1. The van der Waals surface area contributed by atoms with E-state index >= 15 is 0 Å². The Morgan fingerprint density at radius 3 is 2.19 bits per heavy atom. The van der Waals surface area contributed by atoms with Crippen molar-refractivity contribution in [1.29, 1.82) is 0 Å². The third-order valence-corrected chi connectivity index (χ3v) is 4.02. The molecule has 0 spiro atoms. The van der Waals surface area contributed by atoms with Crippen molar-refractivity contribution in [2.24, 2.45) is 0 Å². The third-order valence-electron chi connectivity index (χ3n) is 4.02. The zero-order chi connectivity index (χ0) is 15.4. The second kappa shape index (κ2) is 6.83. The van der Waals surface area contributed by atoms with E-state index in [9.17, 15) is 9.59 Å². The number of amides is 1. The van der Waals surface area contributed by atoms with Gasteiger partial charge in [0.1, 0.15) is 0 Å². The number of carbonyl (C=O) groups excluding carboxylic acids is 2. The van der Waals surface area contributed by atoms with Crippen LogP contribution in [0.2, 0.25) is 0 Å². The number of rotatable bonds is 4. The summed E-state index contributed by atoms with van der Waals surface area (Å²) in [5.41, 5.74) is 1.38. The summed E-state index contributed by atoms with van der Waals surface area (Å²) in [5.74, 6) is 0.0220. The molecule has 1 saturated heterocycles. The molecule has 1 amide bonds. The summed E-state index contributed by atoms with van der Waals surface area (Å²) in [6.07, 6.45) is 0. The lowest BCUT2D eigenvalue weighted by Crippen LogP contribution is -2.51. The molecule has 0 aromatic heterocycles. The summed E-state index contributed by atoms with van der Waals surface area (Å²) in [7, 11) is 2.10. The molecule has 1 fully saturated rings. The maximum Gasteiger partial charge on any atom is 0.241 e. The van der Waals surface area contributed by atoms with E-state index in [4.69, 9.17) is 0 Å². The molecule has 0 unspecified atom stereocenters. The van der Waals surface area contributed by atoms with Crippen LogP contribution in [0.5, 0.6) is 0 Å². The molecular formula is C16H23N3O2. The molecule has 0 saturated carbocycles. The highest BCUT2D eigenvalue weighted by atomic mass is 16.2. The summed E-state index contributed by atoms with van der Waals surface area (Å²) in [4.78, 5) is 28.0. The maximum atomic E-state index is 12.3. The zero-order valence-corrected chi connectivity index (χ0v) is 12.9. The molecule has 21 heavy (non-hydrogen) atoms. The molecular weight excluding hydrogens is 266 g/mol.